The van der Waals surface area contributed by atoms with Crippen molar-refractivity contribution in [3.05, 3.63) is 48.0 Å². The van der Waals surface area contributed by atoms with E-state index in [0.717, 1.165) is 22.8 Å². The lowest BCUT2D eigenvalue weighted by Crippen LogP contribution is -2.46. The molecule has 0 aliphatic heterocycles. The first-order chi connectivity index (χ1) is 9.15. The van der Waals surface area contributed by atoms with Gasteiger partial charge in [0.1, 0.15) is 0 Å². The van der Waals surface area contributed by atoms with Gasteiger partial charge in [-0.25, -0.2) is 0 Å². The van der Waals surface area contributed by atoms with E-state index in [2.05, 4.69) is 0 Å². The fraction of sp³-hybridized carbons (Fsp3) is 0.312. The van der Waals surface area contributed by atoms with Gasteiger partial charge in [0.25, 0.3) is 0 Å². The molecule has 1 saturated carbocycles. The molecule has 0 amide bonds. The molecule has 1 aliphatic rings. The second kappa shape index (κ2) is 4.35. The van der Waals surface area contributed by atoms with Gasteiger partial charge in [0.15, 0.2) is 0 Å². The highest BCUT2D eigenvalue weighted by Gasteiger charge is 2.50. The smallest absolute Gasteiger partial charge is 0.311 e. The summed E-state index contributed by atoms with van der Waals surface area (Å²) < 4.78 is 0. The molecule has 0 heterocycles. The highest BCUT2D eigenvalue weighted by Crippen LogP contribution is 2.50. The number of nitrogens with two attached hydrogens (primary N) is 1. The summed E-state index contributed by atoms with van der Waals surface area (Å²) in [7, 11) is 0. The quantitative estimate of drug-likeness (QED) is 0.885. The third-order valence-corrected chi connectivity index (χ3v) is 4.43. The largest absolute Gasteiger partial charge is 0.481 e. The molecular formula is C16H17NO2. The first kappa shape index (κ1) is 12.2. The van der Waals surface area contributed by atoms with E-state index in [4.69, 9.17) is 5.73 Å². The Kier molecular flexibility index (Phi) is 2.79. The third-order valence-electron chi connectivity index (χ3n) is 4.43. The number of carboxylic acid groups (broad SMARTS) is 1. The molecule has 19 heavy (non-hydrogen) atoms. The minimum absolute atomic E-state index is 0.440. The van der Waals surface area contributed by atoms with Gasteiger partial charge in [-0.2, -0.15) is 0 Å². The topological polar surface area (TPSA) is 63.3 Å². The highest BCUT2D eigenvalue weighted by molar-refractivity contribution is 5.87. The zero-order chi connectivity index (χ0) is 13.5. The summed E-state index contributed by atoms with van der Waals surface area (Å²) in [5.74, 6) is -0.765. The van der Waals surface area contributed by atoms with Gasteiger partial charge in [-0.15, -0.1) is 0 Å². The van der Waals surface area contributed by atoms with Crippen LogP contribution in [-0.4, -0.2) is 11.1 Å². The maximum atomic E-state index is 11.6. The van der Waals surface area contributed by atoms with Crippen LogP contribution in [-0.2, 0) is 4.79 Å². The lowest BCUT2D eigenvalue weighted by molar-refractivity contribution is -0.156. The van der Waals surface area contributed by atoms with Crippen molar-refractivity contribution in [1.82, 2.24) is 0 Å². The molecule has 3 rings (SSSR count). The van der Waals surface area contributed by atoms with Crippen LogP contribution in [0.15, 0.2) is 42.5 Å². The van der Waals surface area contributed by atoms with Crippen molar-refractivity contribution in [2.24, 2.45) is 11.1 Å². The first-order valence-corrected chi connectivity index (χ1v) is 6.62. The number of benzene rings is 2. The maximum Gasteiger partial charge on any atom is 0.311 e. The second-order valence-electron chi connectivity index (χ2n) is 5.36. The number of hydrogen-bond donors (Lipinski definition) is 2. The Morgan fingerprint density at radius 2 is 1.84 bits per heavy atom. The fourth-order valence-electron chi connectivity index (χ4n) is 3.03. The molecule has 3 N–H and O–H groups in total. The van der Waals surface area contributed by atoms with E-state index >= 15 is 0 Å². The van der Waals surface area contributed by atoms with Gasteiger partial charge >= 0.3 is 5.97 Å². The molecular weight excluding hydrogens is 238 g/mol. The Morgan fingerprint density at radius 1 is 1.16 bits per heavy atom. The molecule has 0 bridgehead atoms. The van der Waals surface area contributed by atoms with E-state index in [9.17, 15) is 9.90 Å². The lowest BCUT2D eigenvalue weighted by atomic mass is 9.62. The van der Waals surface area contributed by atoms with Crippen molar-refractivity contribution >= 4 is 16.7 Å². The molecule has 98 valence electrons. The average Bonchev–Trinajstić information content (AvgIpc) is 2.36. The number of aliphatic carboxylic acids is 1. The molecule has 1 unspecified atom stereocenters. The Hall–Kier alpha value is -1.87. The van der Waals surface area contributed by atoms with Crippen LogP contribution in [0.4, 0.5) is 0 Å². The summed E-state index contributed by atoms with van der Waals surface area (Å²) in [5.41, 5.74) is 6.49. The predicted octanol–water partition coefficient (Wildman–Crippen LogP) is 3.09. The summed E-state index contributed by atoms with van der Waals surface area (Å²) in [6.07, 6.45) is 2.30. The second-order valence-corrected chi connectivity index (χ2v) is 5.36. The van der Waals surface area contributed by atoms with Gasteiger partial charge in [0.05, 0.1) is 5.41 Å². The van der Waals surface area contributed by atoms with Gasteiger partial charge in [0.2, 0.25) is 0 Å². The highest BCUT2D eigenvalue weighted by atomic mass is 16.4. The van der Waals surface area contributed by atoms with Crippen molar-refractivity contribution in [2.75, 3.05) is 0 Å². The number of hydrogen-bond acceptors (Lipinski definition) is 2. The summed E-state index contributed by atoms with van der Waals surface area (Å²) in [6, 6.07) is 13.5. The molecule has 1 fully saturated rings. The molecule has 0 radical (unpaired) electrons. The van der Waals surface area contributed by atoms with Gasteiger partial charge in [-0.05, 0) is 29.2 Å². The van der Waals surface area contributed by atoms with Crippen LogP contribution in [0.2, 0.25) is 0 Å². The lowest BCUT2D eigenvalue weighted by Gasteiger charge is -2.42. The van der Waals surface area contributed by atoms with Gasteiger partial charge in [0, 0.05) is 6.04 Å². The van der Waals surface area contributed by atoms with Crippen molar-refractivity contribution in [2.45, 2.75) is 25.3 Å². The molecule has 0 saturated heterocycles. The zero-order valence-corrected chi connectivity index (χ0v) is 10.7. The van der Waals surface area contributed by atoms with Crippen LogP contribution in [0.1, 0.15) is 30.9 Å². The average molecular weight is 255 g/mol. The summed E-state index contributed by atoms with van der Waals surface area (Å²) in [4.78, 5) is 11.6. The van der Waals surface area contributed by atoms with Crippen LogP contribution < -0.4 is 5.73 Å². The number of fused-ring (bicyclic) bond motifs is 1. The Morgan fingerprint density at radius 3 is 2.47 bits per heavy atom. The van der Waals surface area contributed by atoms with Gasteiger partial charge in [-0.1, -0.05) is 48.9 Å². The molecule has 0 aromatic heterocycles. The van der Waals surface area contributed by atoms with E-state index in [1.54, 1.807) is 0 Å². The normalized spacial score (nSPS) is 18.8. The number of rotatable bonds is 3. The van der Waals surface area contributed by atoms with E-state index in [1.807, 2.05) is 42.5 Å². The van der Waals surface area contributed by atoms with E-state index in [0.29, 0.717) is 12.8 Å². The summed E-state index contributed by atoms with van der Waals surface area (Å²) in [6.45, 7) is 0. The van der Waals surface area contributed by atoms with Crippen LogP contribution in [0.5, 0.6) is 0 Å². The Bertz CT molecular complexity index is 626. The van der Waals surface area contributed by atoms with Crippen LogP contribution in [0.3, 0.4) is 0 Å². The fourth-order valence-corrected chi connectivity index (χ4v) is 3.03. The monoisotopic (exact) mass is 255 g/mol. The van der Waals surface area contributed by atoms with E-state index in [-0.39, 0.29) is 0 Å². The maximum absolute atomic E-state index is 11.6. The van der Waals surface area contributed by atoms with Gasteiger partial charge < -0.3 is 10.8 Å². The van der Waals surface area contributed by atoms with Crippen LogP contribution in [0.25, 0.3) is 10.8 Å². The number of carboxylic acids is 1. The van der Waals surface area contributed by atoms with Crippen molar-refractivity contribution < 1.29 is 9.90 Å². The van der Waals surface area contributed by atoms with Crippen LogP contribution >= 0.6 is 0 Å². The van der Waals surface area contributed by atoms with E-state index in [1.165, 1.54) is 0 Å². The molecule has 0 spiro atoms. The minimum atomic E-state index is -0.774. The summed E-state index contributed by atoms with van der Waals surface area (Å²) in [5, 5.41) is 11.7. The Balaban J connectivity index is 2.11. The summed E-state index contributed by atoms with van der Waals surface area (Å²) >= 11 is 0. The number of carbonyl (C=O) groups is 1. The SMILES string of the molecule is NC(c1cccc2ccccc12)C1(C(=O)O)CCC1. The predicted molar refractivity (Wildman–Crippen MR) is 74.8 cm³/mol. The van der Waals surface area contributed by atoms with E-state index < -0.39 is 17.4 Å². The first-order valence-electron chi connectivity index (χ1n) is 6.62. The molecule has 1 atom stereocenters. The molecule has 1 aliphatic carbocycles. The van der Waals surface area contributed by atoms with Crippen LogP contribution in [0, 0.1) is 5.41 Å². The standard InChI is InChI=1S/C16H17NO2/c17-14(16(15(18)19)9-4-10-16)13-8-3-6-11-5-1-2-7-12(11)13/h1-3,5-8,14H,4,9-10,17H2,(H,18,19). The molecule has 2 aromatic carbocycles. The minimum Gasteiger partial charge on any atom is -0.481 e. The molecule has 3 nitrogen and oxygen atoms in total. The molecule has 3 heteroatoms. The van der Waals surface area contributed by atoms with Gasteiger partial charge in [-0.3, -0.25) is 4.79 Å². The van der Waals surface area contributed by atoms with Crippen molar-refractivity contribution in [1.29, 1.82) is 0 Å². The van der Waals surface area contributed by atoms with Crippen molar-refractivity contribution in [3.8, 4) is 0 Å². The zero-order valence-electron chi connectivity index (χ0n) is 10.7. The van der Waals surface area contributed by atoms with Crippen molar-refractivity contribution in [3.63, 3.8) is 0 Å². The third kappa shape index (κ3) is 1.73. The molecule has 2 aromatic rings. The Labute approximate surface area is 112 Å².